The van der Waals surface area contributed by atoms with Gasteiger partial charge in [0, 0.05) is 0 Å². The molecule has 0 unspecified atom stereocenters. The Morgan fingerprint density at radius 1 is 0.467 bits per heavy atom. The lowest BCUT2D eigenvalue weighted by atomic mass is 9.91. The summed E-state index contributed by atoms with van der Waals surface area (Å²) in [5.74, 6) is 1.04. The van der Waals surface area contributed by atoms with Gasteiger partial charge in [-0.3, -0.25) is 0 Å². The van der Waals surface area contributed by atoms with Crippen molar-refractivity contribution in [1.82, 2.24) is 0 Å². The third-order valence-electron chi connectivity index (χ3n) is 3.89. The summed E-state index contributed by atoms with van der Waals surface area (Å²) in [6, 6.07) is 0. The van der Waals surface area contributed by atoms with E-state index in [1.54, 1.807) is 0 Å². The van der Waals surface area contributed by atoms with Crippen molar-refractivity contribution in [2.45, 2.75) is 90.4 Å². The van der Waals surface area contributed by atoms with Gasteiger partial charge in [-0.15, -0.1) is 0 Å². The summed E-state index contributed by atoms with van der Waals surface area (Å²) in [7, 11) is 0. The molecule has 0 heteroatoms. The first-order chi connectivity index (χ1) is 7.39. The van der Waals surface area contributed by atoms with Crippen LogP contribution in [0.1, 0.15) is 90.4 Å². The molecule has 0 nitrogen and oxygen atoms in total. The van der Waals surface area contributed by atoms with Crippen LogP contribution in [-0.4, -0.2) is 0 Å². The van der Waals surface area contributed by atoms with Crippen LogP contribution in [0, 0.1) is 5.92 Å². The Morgan fingerprint density at radius 3 is 0.933 bits per heavy atom. The van der Waals surface area contributed by atoms with Gasteiger partial charge >= 0.3 is 0 Å². The zero-order valence-corrected chi connectivity index (χ0v) is 10.8. The molecule has 0 heterocycles. The number of rotatable bonds is 0. The lowest BCUT2D eigenvalue weighted by Crippen LogP contribution is -1.99. The van der Waals surface area contributed by atoms with Gasteiger partial charge in [-0.25, -0.2) is 0 Å². The van der Waals surface area contributed by atoms with Crippen molar-refractivity contribution in [1.29, 1.82) is 0 Å². The Bertz CT molecular complexity index is 98.0. The third kappa shape index (κ3) is 7.88. The van der Waals surface area contributed by atoms with Crippen LogP contribution >= 0.6 is 0 Å². The summed E-state index contributed by atoms with van der Waals surface area (Å²) < 4.78 is 0. The van der Waals surface area contributed by atoms with E-state index in [1.165, 1.54) is 83.5 Å². The highest BCUT2D eigenvalue weighted by molar-refractivity contribution is 4.59. The SMILES string of the molecule is C1CCCCCCC1.CC1CCCCC1. The molecule has 0 saturated heterocycles. The van der Waals surface area contributed by atoms with Crippen LogP contribution in [0.25, 0.3) is 0 Å². The highest BCUT2D eigenvalue weighted by Gasteiger charge is 2.05. The van der Waals surface area contributed by atoms with Crippen molar-refractivity contribution in [2.24, 2.45) is 5.92 Å². The van der Waals surface area contributed by atoms with Gasteiger partial charge in [0.15, 0.2) is 0 Å². The van der Waals surface area contributed by atoms with Crippen LogP contribution in [0.3, 0.4) is 0 Å². The standard InChI is InChI=1S/C8H16.C7H14/c1-2-4-6-8-7-5-3-1;1-7-5-3-2-4-6-7/h1-8H2;7H,2-6H2,1H3. The van der Waals surface area contributed by atoms with Gasteiger partial charge < -0.3 is 0 Å². The molecule has 0 aromatic rings. The van der Waals surface area contributed by atoms with Crippen molar-refractivity contribution in [3.05, 3.63) is 0 Å². The lowest BCUT2D eigenvalue weighted by Gasteiger charge is -2.15. The normalized spacial score (nSPS) is 24.6. The molecule has 0 atom stereocenters. The number of hydrogen-bond donors (Lipinski definition) is 0. The molecule has 0 bridgehead atoms. The molecule has 2 aliphatic rings. The number of hydrogen-bond acceptors (Lipinski definition) is 0. The van der Waals surface area contributed by atoms with Crippen LogP contribution in [0.4, 0.5) is 0 Å². The van der Waals surface area contributed by atoms with Crippen LogP contribution in [0.5, 0.6) is 0 Å². The molecular weight excluding hydrogens is 180 g/mol. The minimum absolute atomic E-state index is 1.04. The molecule has 0 N–H and O–H groups in total. The topological polar surface area (TPSA) is 0 Å². The molecule has 0 aromatic heterocycles. The molecule has 0 aromatic carbocycles. The maximum Gasteiger partial charge on any atom is -0.0443 e. The smallest absolute Gasteiger partial charge is 0.0443 e. The molecule has 2 fully saturated rings. The van der Waals surface area contributed by atoms with Crippen LogP contribution in [0.15, 0.2) is 0 Å². The van der Waals surface area contributed by atoms with Crippen molar-refractivity contribution < 1.29 is 0 Å². The Morgan fingerprint density at radius 2 is 0.733 bits per heavy atom. The van der Waals surface area contributed by atoms with Crippen molar-refractivity contribution >= 4 is 0 Å². The monoisotopic (exact) mass is 210 g/mol. The quantitative estimate of drug-likeness (QED) is 0.480. The van der Waals surface area contributed by atoms with Crippen LogP contribution < -0.4 is 0 Å². The molecule has 0 radical (unpaired) electrons. The second-order valence-corrected chi connectivity index (χ2v) is 5.57. The van der Waals surface area contributed by atoms with Gasteiger partial charge in [-0.05, 0) is 5.92 Å². The molecule has 15 heavy (non-hydrogen) atoms. The van der Waals surface area contributed by atoms with Gasteiger partial charge in [0.2, 0.25) is 0 Å². The van der Waals surface area contributed by atoms with Crippen LogP contribution in [0.2, 0.25) is 0 Å². The Kier molecular flexibility index (Phi) is 8.05. The predicted octanol–water partition coefficient (Wildman–Crippen LogP) is 5.71. The lowest BCUT2D eigenvalue weighted by molar-refractivity contribution is 0.385. The van der Waals surface area contributed by atoms with Gasteiger partial charge in [-0.2, -0.15) is 0 Å². The van der Waals surface area contributed by atoms with Crippen LogP contribution in [-0.2, 0) is 0 Å². The zero-order chi connectivity index (χ0) is 10.8. The van der Waals surface area contributed by atoms with Crippen molar-refractivity contribution in [2.75, 3.05) is 0 Å². The highest BCUT2D eigenvalue weighted by Crippen LogP contribution is 2.22. The first-order valence-corrected chi connectivity index (χ1v) is 7.39. The maximum atomic E-state index is 2.36. The Labute approximate surface area is 96.8 Å². The molecule has 0 amide bonds. The molecular formula is C15H30. The van der Waals surface area contributed by atoms with E-state index in [0.717, 1.165) is 5.92 Å². The summed E-state index contributed by atoms with van der Waals surface area (Å²) in [5, 5.41) is 0. The summed E-state index contributed by atoms with van der Waals surface area (Å²) in [6.07, 6.45) is 19.4. The Balaban J connectivity index is 0.000000151. The van der Waals surface area contributed by atoms with Gasteiger partial charge in [0.25, 0.3) is 0 Å². The first kappa shape index (κ1) is 13.1. The van der Waals surface area contributed by atoms with Gasteiger partial charge in [-0.1, -0.05) is 90.4 Å². The highest BCUT2D eigenvalue weighted by atomic mass is 14.1. The zero-order valence-electron chi connectivity index (χ0n) is 10.8. The van der Waals surface area contributed by atoms with Gasteiger partial charge in [0.1, 0.15) is 0 Å². The van der Waals surface area contributed by atoms with E-state index in [-0.39, 0.29) is 0 Å². The molecule has 0 aliphatic heterocycles. The molecule has 0 spiro atoms. The molecule has 2 saturated carbocycles. The molecule has 90 valence electrons. The van der Waals surface area contributed by atoms with Crippen molar-refractivity contribution in [3.8, 4) is 0 Å². The predicted molar refractivity (Wildman–Crippen MR) is 69.2 cm³/mol. The second kappa shape index (κ2) is 9.24. The minimum Gasteiger partial charge on any atom is -0.0625 e. The molecule has 2 rings (SSSR count). The fraction of sp³-hybridized carbons (Fsp3) is 1.00. The second-order valence-electron chi connectivity index (χ2n) is 5.57. The van der Waals surface area contributed by atoms with Gasteiger partial charge in [0.05, 0.1) is 0 Å². The fourth-order valence-corrected chi connectivity index (χ4v) is 2.72. The largest absolute Gasteiger partial charge is 0.0625 e. The summed E-state index contributed by atoms with van der Waals surface area (Å²) >= 11 is 0. The average Bonchev–Trinajstić information content (AvgIpc) is 2.18. The van der Waals surface area contributed by atoms with Crippen molar-refractivity contribution in [3.63, 3.8) is 0 Å². The van der Waals surface area contributed by atoms with E-state index in [1.807, 2.05) is 0 Å². The molecule has 2 aliphatic carbocycles. The third-order valence-corrected chi connectivity index (χ3v) is 3.89. The van der Waals surface area contributed by atoms with E-state index in [2.05, 4.69) is 6.92 Å². The average molecular weight is 210 g/mol. The van der Waals surface area contributed by atoms with E-state index in [9.17, 15) is 0 Å². The maximum absolute atomic E-state index is 2.36. The summed E-state index contributed by atoms with van der Waals surface area (Å²) in [6.45, 7) is 2.36. The Hall–Kier alpha value is 0. The summed E-state index contributed by atoms with van der Waals surface area (Å²) in [5.41, 5.74) is 0. The van der Waals surface area contributed by atoms with E-state index in [0.29, 0.717) is 0 Å². The van der Waals surface area contributed by atoms with E-state index >= 15 is 0 Å². The first-order valence-electron chi connectivity index (χ1n) is 7.39. The van der Waals surface area contributed by atoms with E-state index < -0.39 is 0 Å². The summed E-state index contributed by atoms with van der Waals surface area (Å²) in [4.78, 5) is 0. The minimum atomic E-state index is 1.04. The fourth-order valence-electron chi connectivity index (χ4n) is 2.72. The van der Waals surface area contributed by atoms with E-state index in [4.69, 9.17) is 0 Å².